The van der Waals surface area contributed by atoms with Crippen molar-refractivity contribution in [2.45, 2.75) is 64.1 Å². The van der Waals surface area contributed by atoms with Crippen molar-refractivity contribution < 1.29 is 9.47 Å². The highest BCUT2D eigenvalue weighted by Gasteiger charge is 2.44. The van der Waals surface area contributed by atoms with E-state index in [4.69, 9.17) is 9.47 Å². The molecule has 0 radical (unpaired) electrons. The Kier molecular flexibility index (Phi) is 4.13. The van der Waals surface area contributed by atoms with Gasteiger partial charge in [-0.25, -0.2) is 0 Å². The molecular weight excluding hydrogens is 240 g/mol. The van der Waals surface area contributed by atoms with Crippen LogP contribution in [0, 0.1) is 0 Å². The molecule has 3 saturated heterocycles. The van der Waals surface area contributed by atoms with Crippen LogP contribution in [0.1, 0.15) is 46.0 Å². The molecule has 110 valence electrons. The average Bonchev–Trinajstić information content (AvgIpc) is 3.06. The molecule has 0 unspecified atom stereocenters. The Bertz CT molecular complexity index is 297. The zero-order chi connectivity index (χ0) is 13.3. The second-order valence-electron chi connectivity index (χ2n) is 6.65. The van der Waals surface area contributed by atoms with E-state index < -0.39 is 5.79 Å². The first-order valence-corrected chi connectivity index (χ1v) is 7.96. The average molecular weight is 268 g/mol. The molecule has 0 N–H and O–H groups in total. The maximum Gasteiger partial charge on any atom is 0.165 e. The van der Waals surface area contributed by atoms with Gasteiger partial charge in [0, 0.05) is 19.6 Å². The Morgan fingerprint density at radius 2 is 1.58 bits per heavy atom. The fraction of sp³-hybridized carbons (Fsp3) is 1.00. The molecule has 3 heterocycles. The molecule has 4 heteroatoms. The third kappa shape index (κ3) is 3.30. The number of hydrogen-bond donors (Lipinski definition) is 0. The first-order valence-electron chi connectivity index (χ1n) is 7.96. The van der Waals surface area contributed by atoms with Gasteiger partial charge in [0.05, 0.1) is 0 Å². The molecule has 3 fully saturated rings. The number of hydrogen-bond acceptors (Lipinski definition) is 4. The van der Waals surface area contributed by atoms with Crippen molar-refractivity contribution >= 4 is 0 Å². The monoisotopic (exact) mass is 268 g/mol. The summed E-state index contributed by atoms with van der Waals surface area (Å²) in [5.41, 5.74) is 0. The Hall–Kier alpha value is -0.160. The van der Waals surface area contributed by atoms with Gasteiger partial charge in [0.1, 0.15) is 12.3 Å². The smallest absolute Gasteiger partial charge is 0.165 e. The van der Waals surface area contributed by atoms with Gasteiger partial charge in [-0.3, -0.25) is 4.90 Å². The van der Waals surface area contributed by atoms with Crippen molar-refractivity contribution in [2.24, 2.45) is 0 Å². The molecule has 19 heavy (non-hydrogen) atoms. The van der Waals surface area contributed by atoms with Crippen molar-refractivity contribution in [1.82, 2.24) is 9.80 Å². The van der Waals surface area contributed by atoms with Crippen LogP contribution in [0.4, 0.5) is 0 Å². The summed E-state index contributed by atoms with van der Waals surface area (Å²) in [6, 6.07) is 0. The molecule has 0 aromatic carbocycles. The minimum absolute atomic E-state index is 0.181. The van der Waals surface area contributed by atoms with Gasteiger partial charge in [-0.2, -0.15) is 0 Å². The third-order valence-electron chi connectivity index (χ3n) is 4.59. The van der Waals surface area contributed by atoms with Gasteiger partial charge >= 0.3 is 0 Å². The van der Waals surface area contributed by atoms with Crippen LogP contribution in [-0.2, 0) is 9.47 Å². The lowest BCUT2D eigenvalue weighted by Crippen LogP contribution is -2.41. The fourth-order valence-electron chi connectivity index (χ4n) is 3.64. The van der Waals surface area contributed by atoms with E-state index in [-0.39, 0.29) is 12.3 Å². The molecule has 0 aliphatic carbocycles. The molecule has 0 aromatic rings. The summed E-state index contributed by atoms with van der Waals surface area (Å²) in [6.07, 6.45) is 6.86. The Balaban J connectivity index is 1.56. The van der Waals surface area contributed by atoms with Crippen LogP contribution < -0.4 is 0 Å². The van der Waals surface area contributed by atoms with Crippen LogP contribution in [0.5, 0.6) is 0 Å². The van der Waals surface area contributed by atoms with E-state index in [0.717, 1.165) is 13.0 Å². The highest BCUT2D eigenvalue weighted by atomic mass is 16.8. The van der Waals surface area contributed by atoms with E-state index in [0.29, 0.717) is 0 Å². The molecule has 3 aliphatic rings. The third-order valence-corrected chi connectivity index (χ3v) is 4.59. The molecule has 4 nitrogen and oxygen atoms in total. The van der Waals surface area contributed by atoms with Crippen LogP contribution in [0.25, 0.3) is 0 Å². The highest BCUT2D eigenvalue weighted by Crippen LogP contribution is 2.33. The SMILES string of the molecule is CC1(C)O[C@@H](CCN2CCCC2)[C@@H](N2CCCC2)O1. The summed E-state index contributed by atoms with van der Waals surface area (Å²) in [6.45, 7) is 10.1. The van der Waals surface area contributed by atoms with E-state index in [9.17, 15) is 0 Å². The second kappa shape index (κ2) is 5.68. The van der Waals surface area contributed by atoms with Crippen LogP contribution in [0.3, 0.4) is 0 Å². The second-order valence-corrected chi connectivity index (χ2v) is 6.65. The highest BCUT2D eigenvalue weighted by molar-refractivity contribution is 4.85. The van der Waals surface area contributed by atoms with Crippen LogP contribution in [-0.4, -0.2) is 60.6 Å². The Morgan fingerprint density at radius 3 is 2.26 bits per heavy atom. The minimum atomic E-state index is -0.414. The summed E-state index contributed by atoms with van der Waals surface area (Å²) in [5.74, 6) is -0.414. The van der Waals surface area contributed by atoms with E-state index in [1.165, 1.54) is 51.9 Å². The number of ether oxygens (including phenoxy) is 2. The van der Waals surface area contributed by atoms with Gasteiger partial charge in [-0.05, 0) is 59.0 Å². The Labute approximate surface area is 117 Å². The molecule has 3 aliphatic heterocycles. The van der Waals surface area contributed by atoms with Gasteiger partial charge in [0.25, 0.3) is 0 Å². The van der Waals surface area contributed by atoms with Crippen molar-refractivity contribution in [3.8, 4) is 0 Å². The Morgan fingerprint density at radius 1 is 0.947 bits per heavy atom. The summed E-state index contributed by atoms with van der Waals surface area (Å²) in [4.78, 5) is 5.04. The van der Waals surface area contributed by atoms with E-state index in [1.54, 1.807) is 0 Å². The van der Waals surface area contributed by atoms with E-state index in [2.05, 4.69) is 9.80 Å². The molecule has 0 aromatic heterocycles. The standard InChI is InChI=1S/C15H28N2O2/c1-15(2)18-13(7-12-16-8-3-4-9-16)14(19-15)17-10-5-6-11-17/h13-14H,3-12H2,1-2H3/t13-,14-/m0/s1. The topological polar surface area (TPSA) is 24.9 Å². The van der Waals surface area contributed by atoms with Crippen molar-refractivity contribution in [3.05, 3.63) is 0 Å². The zero-order valence-electron chi connectivity index (χ0n) is 12.4. The normalized spacial score (nSPS) is 36.3. The van der Waals surface area contributed by atoms with Crippen molar-refractivity contribution in [1.29, 1.82) is 0 Å². The quantitative estimate of drug-likeness (QED) is 0.779. The number of rotatable bonds is 4. The van der Waals surface area contributed by atoms with Gasteiger partial charge in [-0.1, -0.05) is 0 Å². The summed E-state index contributed by atoms with van der Waals surface area (Å²) in [7, 11) is 0. The first-order chi connectivity index (χ1) is 9.14. The predicted octanol–water partition coefficient (Wildman–Crippen LogP) is 2.05. The summed E-state index contributed by atoms with van der Waals surface area (Å²) >= 11 is 0. The van der Waals surface area contributed by atoms with Gasteiger partial charge in [0.2, 0.25) is 0 Å². The van der Waals surface area contributed by atoms with E-state index >= 15 is 0 Å². The number of likely N-dealkylation sites (tertiary alicyclic amines) is 2. The molecule has 0 saturated carbocycles. The predicted molar refractivity (Wildman–Crippen MR) is 74.9 cm³/mol. The maximum atomic E-state index is 6.15. The van der Waals surface area contributed by atoms with Crippen LogP contribution in [0.2, 0.25) is 0 Å². The van der Waals surface area contributed by atoms with Crippen molar-refractivity contribution in [3.63, 3.8) is 0 Å². The minimum Gasteiger partial charge on any atom is -0.343 e. The van der Waals surface area contributed by atoms with E-state index in [1.807, 2.05) is 13.8 Å². The van der Waals surface area contributed by atoms with Crippen LogP contribution >= 0.6 is 0 Å². The molecule has 3 rings (SSSR count). The van der Waals surface area contributed by atoms with Gasteiger partial charge < -0.3 is 14.4 Å². The zero-order valence-corrected chi connectivity index (χ0v) is 12.4. The molecular formula is C15H28N2O2. The molecule has 0 spiro atoms. The molecule has 0 amide bonds. The summed E-state index contributed by atoms with van der Waals surface area (Å²) in [5, 5.41) is 0. The van der Waals surface area contributed by atoms with Gasteiger partial charge in [-0.15, -0.1) is 0 Å². The lowest BCUT2D eigenvalue weighted by Gasteiger charge is -2.27. The lowest BCUT2D eigenvalue weighted by molar-refractivity contribution is -0.160. The van der Waals surface area contributed by atoms with Crippen molar-refractivity contribution in [2.75, 3.05) is 32.7 Å². The van der Waals surface area contributed by atoms with Gasteiger partial charge in [0.15, 0.2) is 5.79 Å². The largest absolute Gasteiger partial charge is 0.343 e. The first kappa shape index (κ1) is 13.8. The molecule has 2 atom stereocenters. The van der Waals surface area contributed by atoms with Crippen LogP contribution in [0.15, 0.2) is 0 Å². The number of nitrogens with zero attached hydrogens (tertiary/aromatic N) is 2. The lowest BCUT2D eigenvalue weighted by atomic mass is 10.2. The molecule has 0 bridgehead atoms. The fourth-order valence-corrected chi connectivity index (χ4v) is 3.64. The summed E-state index contributed by atoms with van der Waals surface area (Å²) < 4.78 is 12.3. The maximum absolute atomic E-state index is 6.15.